The number of piperidine rings is 1. The molecule has 0 amide bonds. The summed E-state index contributed by atoms with van der Waals surface area (Å²) in [6.45, 7) is 0.964. The first kappa shape index (κ1) is 12.3. The number of alkyl halides is 3. The second kappa shape index (κ2) is 5.00. The van der Waals surface area contributed by atoms with Crippen molar-refractivity contribution in [2.75, 3.05) is 6.54 Å². The van der Waals surface area contributed by atoms with E-state index in [1.54, 1.807) is 0 Å². The van der Waals surface area contributed by atoms with E-state index in [4.69, 9.17) is 0 Å². The van der Waals surface area contributed by atoms with E-state index in [1.807, 2.05) is 0 Å². The third-order valence-corrected chi connectivity index (χ3v) is 2.87. The molecule has 2 rings (SSSR count). The predicted octanol–water partition coefficient (Wildman–Crippen LogP) is 2.18. The lowest BCUT2D eigenvalue weighted by Gasteiger charge is -2.22. The molecule has 1 aliphatic heterocycles. The average molecular weight is 245 g/mol. The summed E-state index contributed by atoms with van der Waals surface area (Å²) in [6, 6.07) is 0.292. The van der Waals surface area contributed by atoms with Crippen LogP contribution in [0.1, 0.15) is 30.7 Å². The second-order valence-electron chi connectivity index (χ2n) is 4.24. The smallest absolute Gasteiger partial charge is 0.314 e. The molecule has 1 aliphatic rings. The van der Waals surface area contributed by atoms with Gasteiger partial charge in [0.2, 0.25) is 0 Å². The van der Waals surface area contributed by atoms with Crippen molar-refractivity contribution in [2.24, 2.45) is 0 Å². The number of hydrogen-bond acceptors (Lipinski definition) is 3. The molecule has 0 aliphatic carbocycles. The highest BCUT2D eigenvalue weighted by Crippen LogP contribution is 2.27. The zero-order valence-corrected chi connectivity index (χ0v) is 9.30. The Bertz CT molecular complexity index is 355. The van der Waals surface area contributed by atoms with Crippen molar-refractivity contribution in [1.82, 2.24) is 15.3 Å². The Morgan fingerprint density at radius 3 is 2.47 bits per heavy atom. The maximum absolute atomic E-state index is 12.3. The van der Waals surface area contributed by atoms with E-state index >= 15 is 0 Å². The minimum atomic E-state index is -4.36. The molecule has 94 valence electrons. The predicted molar refractivity (Wildman–Crippen MR) is 56.4 cm³/mol. The van der Waals surface area contributed by atoms with Crippen molar-refractivity contribution in [2.45, 2.75) is 37.9 Å². The summed E-state index contributed by atoms with van der Waals surface area (Å²) in [4.78, 5) is 7.54. The number of halogens is 3. The monoisotopic (exact) mass is 245 g/mol. The van der Waals surface area contributed by atoms with Crippen LogP contribution in [0.25, 0.3) is 0 Å². The normalized spacial score (nSPS) is 21.5. The van der Waals surface area contributed by atoms with Crippen LogP contribution >= 0.6 is 0 Å². The lowest BCUT2D eigenvalue weighted by molar-refractivity contribution is -0.138. The zero-order valence-electron chi connectivity index (χ0n) is 9.30. The summed E-state index contributed by atoms with van der Waals surface area (Å²) < 4.78 is 36.9. The first-order valence-electron chi connectivity index (χ1n) is 5.67. The molecule has 0 bridgehead atoms. The molecule has 17 heavy (non-hydrogen) atoms. The van der Waals surface area contributed by atoms with Gasteiger partial charge in [-0.1, -0.05) is 6.42 Å². The van der Waals surface area contributed by atoms with Gasteiger partial charge >= 0.3 is 6.18 Å². The van der Waals surface area contributed by atoms with Crippen LogP contribution in [0.5, 0.6) is 0 Å². The minimum absolute atomic E-state index is 0.292. The zero-order chi connectivity index (χ0) is 12.3. The van der Waals surface area contributed by atoms with Crippen molar-refractivity contribution in [1.29, 1.82) is 0 Å². The maximum Gasteiger partial charge on any atom is 0.419 e. The van der Waals surface area contributed by atoms with Gasteiger partial charge < -0.3 is 5.32 Å². The Kier molecular flexibility index (Phi) is 3.61. The van der Waals surface area contributed by atoms with Gasteiger partial charge in [-0.2, -0.15) is 13.2 Å². The molecule has 1 saturated heterocycles. The lowest BCUT2D eigenvalue weighted by Crippen LogP contribution is -2.36. The summed E-state index contributed by atoms with van der Waals surface area (Å²) in [5.41, 5.74) is -0.794. The van der Waals surface area contributed by atoms with Crippen molar-refractivity contribution in [3.05, 3.63) is 23.8 Å². The highest BCUT2D eigenvalue weighted by molar-refractivity contribution is 5.09. The fourth-order valence-corrected chi connectivity index (χ4v) is 1.93. The van der Waals surface area contributed by atoms with E-state index < -0.39 is 11.7 Å². The van der Waals surface area contributed by atoms with Gasteiger partial charge in [0.1, 0.15) is 5.82 Å². The molecule has 0 spiro atoms. The molecule has 0 saturated carbocycles. The topological polar surface area (TPSA) is 37.8 Å². The molecule has 1 aromatic rings. The Hall–Kier alpha value is -1.17. The molecular formula is C11H14F3N3. The van der Waals surface area contributed by atoms with E-state index in [2.05, 4.69) is 15.3 Å². The molecule has 1 fully saturated rings. The van der Waals surface area contributed by atoms with Gasteiger partial charge in [0.15, 0.2) is 0 Å². The quantitative estimate of drug-likeness (QED) is 0.867. The van der Waals surface area contributed by atoms with Crippen LogP contribution in [-0.4, -0.2) is 22.6 Å². The van der Waals surface area contributed by atoms with Crippen LogP contribution < -0.4 is 5.32 Å². The van der Waals surface area contributed by atoms with Crippen molar-refractivity contribution in [3.8, 4) is 0 Å². The van der Waals surface area contributed by atoms with Gasteiger partial charge in [-0.05, 0) is 19.4 Å². The Labute approximate surface area is 97.5 Å². The summed E-state index contributed by atoms with van der Waals surface area (Å²) in [6.07, 6.45) is 1.28. The molecule has 1 atom stereocenters. The summed E-state index contributed by atoms with van der Waals surface area (Å²) in [5.74, 6) is 0.470. The van der Waals surface area contributed by atoms with E-state index in [9.17, 15) is 13.2 Å². The van der Waals surface area contributed by atoms with Crippen LogP contribution in [0.3, 0.4) is 0 Å². The summed E-state index contributed by atoms with van der Waals surface area (Å²) in [7, 11) is 0. The van der Waals surface area contributed by atoms with Gasteiger partial charge in [-0.3, -0.25) is 0 Å². The van der Waals surface area contributed by atoms with Crippen molar-refractivity contribution >= 4 is 0 Å². The molecule has 3 nitrogen and oxygen atoms in total. The largest absolute Gasteiger partial charge is 0.419 e. The van der Waals surface area contributed by atoms with Gasteiger partial charge in [0, 0.05) is 24.9 Å². The van der Waals surface area contributed by atoms with Crippen molar-refractivity contribution < 1.29 is 13.2 Å². The number of rotatable bonds is 2. The van der Waals surface area contributed by atoms with Gasteiger partial charge in [0.05, 0.1) is 5.56 Å². The first-order valence-corrected chi connectivity index (χ1v) is 5.67. The Morgan fingerprint density at radius 1 is 1.24 bits per heavy atom. The molecule has 1 aromatic heterocycles. The number of aromatic nitrogens is 2. The van der Waals surface area contributed by atoms with Gasteiger partial charge in [-0.25, -0.2) is 9.97 Å². The van der Waals surface area contributed by atoms with Gasteiger partial charge in [0.25, 0.3) is 0 Å². The second-order valence-corrected chi connectivity index (χ2v) is 4.24. The first-order chi connectivity index (χ1) is 8.05. The molecule has 6 heteroatoms. The summed E-state index contributed by atoms with van der Waals surface area (Å²) >= 11 is 0. The number of nitrogens with zero attached hydrogens (tertiary/aromatic N) is 2. The van der Waals surface area contributed by atoms with Crippen LogP contribution in [-0.2, 0) is 12.6 Å². The standard InChI is InChI=1S/C11H14F3N3/c12-11(13,14)8-6-16-10(17-7-8)5-9-3-1-2-4-15-9/h6-7,9,15H,1-5H2. The van der Waals surface area contributed by atoms with Gasteiger partial charge in [-0.15, -0.1) is 0 Å². The Balaban J connectivity index is 1.98. The van der Waals surface area contributed by atoms with E-state index in [0.717, 1.165) is 38.2 Å². The molecular weight excluding hydrogens is 231 g/mol. The highest BCUT2D eigenvalue weighted by Gasteiger charge is 2.31. The molecule has 0 aromatic carbocycles. The maximum atomic E-state index is 12.3. The SMILES string of the molecule is FC(F)(F)c1cnc(CC2CCCCN2)nc1. The fraction of sp³-hybridized carbons (Fsp3) is 0.636. The summed E-state index contributed by atoms with van der Waals surface area (Å²) in [5, 5.41) is 3.31. The average Bonchev–Trinajstić information content (AvgIpc) is 2.30. The fourth-order valence-electron chi connectivity index (χ4n) is 1.93. The molecule has 1 N–H and O–H groups in total. The van der Waals surface area contributed by atoms with E-state index in [1.165, 1.54) is 0 Å². The van der Waals surface area contributed by atoms with Crippen LogP contribution in [0.4, 0.5) is 13.2 Å². The third kappa shape index (κ3) is 3.39. The van der Waals surface area contributed by atoms with Crippen LogP contribution in [0, 0.1) is 0 Å². The number of hydrogen-bond donors (Lipinski definition) is 1. The lowest BCUT2D eigenvalue weighted by atomic mass is 10.0. The van der Waals surface area contributed by atoms with Crippen LogP contribution in [0.15, 0.2) is 12.4 Å². The van der Waals surface area contributed by atoms with Crippen molar-refractivity contribution in [3.63, 3.8) is 0 Å². The Morgan fingerprint density at radius 2 is 1.94 bits per heavy atom. The van der Waals surface area contributed by atoms with E-state index in [0.29, 0.717) is 18.3 Å². The highest BCUT2D eigenvalue weighted by atomic mass is 19.4. The molecule has 1 unspecified atom stereocenters. The van der Waals surface area contributed by atoms with Crippen LogP contribution in [0.2, 0.25) is 0 Å². The molecule has 0 radical (unpaired) electrons. The minimum Gasteiger partial charge on any atom is -0.314 e. The number of nitrogens with one attached hydrogen (secondary N) is 1. The molecule has 2 heterocycles. The van der Waals surface area contributed by atoms with E-state index in [-0.39, 0.29) is 0 Å². The third-order valence-electron chi connectivity index (χ3n) is 2.87.